The number of carbonyl (C=O) groups is 1. The zero-order valence-corrected chi connectivity index (χ0v) is 16.3. The van der Waals surface area contributed by atoms with Crippen LogP contribution < -0.4 is 10.1 Å². The summed E-state index contributed by atoms with van der Waals surface area (Å²) < 4.78 is 5.26. The molecule has 1 aromatic heterocycles. The monoisotopic (exact) mass is 388 g/mol. The number of methoxy groups -OCH3 is 1. The molecular formula is C23H20N2O2S. The highest BCUT2D eigenvalue weighted by Crippen LogP contribution is 2.24. The molecule has 0 spiro atoms. The van der Waals surface area contributed by atoms with E-state index in [9.17, 15) is 4.79 Å². The molecule has 3 aromatic carbocycles. The van der Waals surface area contributed by atoms with Gasteiger partial charge in [0.05, 0.1) is 19.2 Å². The van der Waals surface area contributed by atoms with Crippen LogP contribution in [0, 0.1) is 0 Å². The van der Waals surface area contributed by atoms with Crippen molar-refractivity contribution < 1.29 is 9.53 Å². The maximum Gasteiger partial charge on any atom is 0.226 e. The number of rotatable bonds is 6. The van der Waals surface area contributed by atoms with Crippen molar-refractivity contribution in [3.05, 3.63) is 83.4 Å². The molecule has 0 aliphatic carbocycles. The second kappa shape index (κ2) is 8.23. The number of hydrogen-bond acceptors (Lipinski definition) is 4. The predicted octanol–water partition coefficient (Wildman–Crippen LogP) is 4.83. The van der Waals surface area contributed by atoms with Crippen LogP contribution in [0.5, 0.6) is 5.75 Å². The van der Waals surface area contributed by atoms with E-state index in [4.69, 9.17) is 4.74 Å². The zero-order valence-electron chi connectivity index (χ0n) is 15.5. The normalized spacial score (nSPS) is 10.8. The van der Waals surface area contributed by atoms with Gasteiger partial charge in [-0.15, -0.1) is 11.3 Å². The number of ether oxygens (including phenoxy) is 1. The second-order valence-electron chi connectivity index (χ2n) is 6.51. The summed E-state index contributed by atoms with van der Waals surface area (Å²) in [5.74, 6) is 0.812. The number of benzene rings is 3. The molecule has 140 valence electrons. The molecule has 0 fully saturated rings. The van der Waals surface area contributed by atoms with Crippen molar-refractivity contribution in [2.75, 3.05) is 7.11 Å². The van der Waals surface area contributed by atoms with Crippen LogP contribution in [0.4, 0.5) is 0 Å². The summed E-state index contributed by atoms with van der Waals surface area (Å²) in [5.41, 5.74) is 2.94. The third kappa shape index (κ3) is 4.21. The van der Waals surface area contributed by atoms with E-state index in [-0.39, 0.29) is 12.3 Å². The fourth-order valence-corrected chi connectivity index (χ4v) is 3.87. The van der Waals surface area contributed by atoms with E-state index in [0.29, 0.717) is 6.54 Å². The Hall–Kier alpha value is -3.18. The molecule has 0 saturated carbocycles. The molecule has 1 N–H and O–H groups in total. The van der Waals surface area contributed by atoms with E-state index < -0.39 is 0 Å². The lowest BCUT2D eigenvalue weighted by Gasteiger charge is -2.07. The molecule has 1 heterocycles. The van der Waals surface area contributed by atoms with Gasteiger partial charge in [0, 0.05) is 17.5 Å². The quantitative estimate of drug-likeness (QED) is 0.515. The van der Waals surface area contributed by atoms with Crippen molar-refractivity contribution in [2.45, 2.75) is 13.0 Å². The van der Waals surface area contributed by atoms with Crippen molar-refractivity contribution in [1.82, 2.24) is 10.3 Å². The molecule has 0 bridgehead atoms. The first-order chi connectivity index (χ1) is 13.7. The van der Waals surface area contributed by atoms with E-state index in [1.54, 1.807) is 18.4 Å². The van der Waals surface area contributed by atoms with Gasteiger partial charge in [0.1, 0.15) is 10.8 Å². The first kappa shape index (κ1) is 18.2. The average Bonchev–Trinajstić information content (AvgIpc) is 3.20. The highest BCUT2D eigenvalue weighted by molar-refractivity contribution is 7.13. The zero-order chi connectivity index (χ0) is 19.3. The van der Waals surface area contributed by atoms with Crippen LogP contribution >= 0.6 is 11.3 Å². The van der Waals surface area contributed by atoms with Gasteiger partial charge in [0.25, 0.3) is 0 Å². The summed E-state index contributed by atoms with van der Waals surface area (Å²) >= 11 is 1.56. The maximum atomic E-state index is 12.3. The van der Waals surface area contributed by atoms with E-state index in [0.717, 1.165) is 38.4 Å². The Bertz CT molecular complexity index is 1110. The Balaban J connectivity index is 1.37. The summed E-state index contributed by atoms with van der Waals surface area (Å²) in [7, 11) is 1.66. The summed E-state index contributed by atoms with van der Waals surface area (Å²) in [6.45, 7) is 0.497. The van der Waals surface area contributed by atoms with Crippen LogP contribution in [0.2, 0.25) is 0 Å². The number of hydrogen-bond donors (Lipinski definition) is 1. The molecule has 4 nitrogen and oxygen atoms in total. The third-order valence-electron chi connectivity index (χ3n) is 4.52. The Kier molecular flexibility index (Phi) is 5.35. The molecule has 0 radical (unpaired) electrons. The fourth-order valence-electron chi connectivity index (χ4n) is 3.04. The van der Waals surface area contributed by atoms with Gasteiger partial charge >= 0.3 is 0 Å². The molecule has 0 unspecified atom stereocenters. The van der Waals surface area contributed by atoms with Crippen LogP contribution in [0.1, 0.15) is 11.3 Å². The number of fused-ring (bicyclic) bond motifs is 1. The van der Waals surface area contributed by atoms with Crippen LogP contribution in [0.3, 0.4) is 0 Å². The van der Waals surface area contributed by atoms with Gasteiger partial charge in [0.2, 0.25) is 5.91 Å². The SMILES string of the molecule is COc1ccc2cc(CNC(=O)Cc3csc(-c4ccccc4)n3)ccc2c1. The highest BCUT2D eigenvalue weighted by Gasteiger charge is 2.09. The van der Waals surface area contributed by atoms with Crippen LogP contribution in [0.25, 0.3) is 21.3 Å². The molecule has 1 amide bonds. The topological polar surface area (TPSA) is 51.2 Å². The van der Waals surface area contributed by atoms with Gasteiger partial charge in [-0.25, -0.2) is 4.98 Å². The smallest absolute Gasteiger partial charge is 0.226 e. The van der Waals surface area contributed by atoms with Crippen molar-refractivity contribution in [3.63, 3.8) is 0 Å². The Labute approximate surface area is 167 Å². The predicted molar refractivity (Wildman–Crippen MR) is 114 cm³/mol. The number of carbonyl (C=O) groups excluding carboxylic acids is 1. The van der Waals surface area contributed by atoms with Crippen molar-refractivity contribution in [1.29, 1.82) is 0 Å². The molecular weight excluding hydrogens is 368 g/mol. The number of amides is 1. The molecule has 4 rings (SSSR count). The Morgan fingerprint density at radius 2 is 1.82 bits per heavy atom. The van der Waals surface area contributed by atoms with Gasteiger partial charge in [-0.2, -0.15) is 0 Å². The second-order valence-corrected chi connectivity index (χ2v) is 7.37. The van der Waals surface area contributed by atoms with E-state index >= 15 is 0 Å². The van der Waals surface area contributed by atoms with E-state index in [2.05, 4.69) is 16.4 Å². The third-order valence-corrected chi connectivity index (χ3v) is 5.46. The summed E-state index contributed by atoms with van der Waals surface area (Å²) in [4.78, 5) is 16.9. The summed E-state index contributed by atoms with van der Waals surface area (Å²) in [6.07, 6.45) is 0.286. The minimum absolute atomic E-state index is 0.0280. The van der Waals surface area contributed by atoms with Crippen LogP contribution in [-0.2, 0) is 17.8 Å². The number of thiazole rings is 1. The first-order valence-corrected chi connectivity index (χ1v) is 9.92. The minimum atomic E-state index is -0.0280. The average molecular weight is 388 g/mol. The van der Waals surface area contributed by atoms with Gasteiger partial charge in [0.15, 0.2) is 0 Å². The molecule has 5 heteroatoms. The van der Waals surface area contributed by atoms with Crippen LogP contribution in [0.15, 0.2) is 72.1 Å². The van der Waals surface area contributed by atoms with Gasteiger partial charge < -0.3 is 10.1 Å². The molecule has 4 aromatic rings. The Morgan fingerprint density at radius 1 is 1.04 bits per heavy atom. The van der Waals surface area contributed by atoms with Gasteiger partial charge in [-0.3, -0.25) is 4.79 Å². The molecule has 0 saturated heterocycles. The van der Waals surface area contributed by atoms with Crippen molar-refractivity contribution in [3.8, 4) is 16.3 Å². The molecule has 0 atom stereocenters. The summed E-state index contributed by atoms with van der Waals surface area (Å²) in [6, 6.07) is 22.1. The van der Waals surface area contributed by atoms with Crippen molar-refractivity contribution in [2.24, 2.45) is 0 Å². The molecule has 28 heavy (non-hydrogen) atoms. The largest absolute Gasteiger partial charge is 0.497 e. The lowest BCUT2D eigenvalue weighted by Crippen LogP contribution is -2.24. The van der Waals surface area contributed by atoms with Gasteiger partial charge in [-0.1, -0.05) is 48.5 Å². The minimum Gasteiger partial charge on any atom is -0.497 e. The number of nitrogens with zero attached hydrogens (tertiary/aromatic N) is 1. The first-order valence-electron chi connectivity index (χ1n) is 9.04. The highest BCUT2D eigenvalue weighted by atomic mass is 32.1. The number of aromatic nitrogens is 1. The lowest BCUT2D eigenvalue weighted by atomic mass is 10.1. The summed E-state index contributed by atoms with van der Waals surface area (Å²) in [5, 5.41) is 8.11. The van der Waals surface area contributed by atoms with Gasteiger partial charge in [-0.05, 0) is 34.5 Å². The molecule has 0 aliphatic rings. The number of nitrogens with one attached hydrogen (secondary N) is 1. The maximum absolute atomic E-state index is 12.3. The van der Waals surface area contributed by atoms with E-state index in [1.807, 2.05) is 66.0 Å². The lowest BCUT2D eigenvalue weighted by molar-refractivity contribution is -0.120. The van der Waals surface area contributed by atoms with Crippen LogP contribution in [-0.4, -0.2) is 18.0 Å². The standard InChI is InChI=1S/C23H20N2O2S/c1-27-21-10-9-18-11-16(7-8-19(18)12-21)14-24-22(26)13-20-15-28-23(25-20)17-5-3-2-4-6-17/h2-12,15H,13-14H2,1H3,(H,24,26). The van der Waals surface area contributed by atoms with Crippen molar-refractivity contribution >= 4 is 28.0 Å². The Morgan fingerprint density at radius 3 is 2.64 bits per heavy atom. The fraction of sp³-hybridized carbons (Fsp3) is 0.130. The van der Waals surface area contributed by atoms with E-state index in [1.165, 1.54) is 0 Å². The molecule has 0 aliphatic heterocycles.